The SMILES string of the molecule is CC/C=C/C=C/C=C/C=C/C=C/C=C/CCCCCC(=O)OCC(COC(=O)CCCCC/C=C/CCCCCCCC)OC(=O)CCC/C=C/C=C/C=C/C=C/C=C/CC. The van der Waals surface area contributed by atoms with Crippen molar-refractivity contribution >= 4 is 17.9 Å². The second-order valence-electron chi connectivity index (χ2n) is 14.8. The number of hydrogen-bond acceptors (Lipinski definition) is 6. The summed E-state index contributed by atoms with van der Waals surface area (Å²) in [6, 6.07) is 0. The van der Waals surface area contributed by atoms with E-state index in [-0.39, 0.29) is 38.0 Å². The van der Waals surface area contributed by atoms with Crippen molar-refractivity contribution in [1.29, 1.82) is 0 Å². The number of ether oxygens (including phenoxy) is 3. The number of unbranched alkanes of at least 4 members (excludes halogenated alkanes) is 13. The van der Waals surface area contributed by atoms with E-state index >= 15 is 0 Å². The van der Waals surface area contributed by atoms with E-state index in [0.29, 0.717) is 25.7 Å². The van der Waals surface area contributed by atoms with E-state index in [1.807, 2.05) is 115 Å². The molecular formula is C55H82O6. The van der Waals surface area contributed by atoms with Gasteiger partial charge in [0.15, 0.2) is 6.10 Å². The van der Waals surface area contributed by atoms with Crippen LogP contribution in [0.5, 0.6) is 0 Å². The van der Waals surface area contributed by atoms with Crippen LogP contribution in [0, 0.1) is 0 Å². The minimum atomic E-state index is -0.845. The Morgan fingerprint density at radius 1 is 0.344 bits per heavy atom. The molecule has 0 aromatic rings. The zero-order valence-corrected chi connectivity index (χ0v) is 38.4. The van der Waals surface area contributed by atoms with Crippen LogP contribution in [0.25, 0.3) is 0 Å². The highest BCUT2D eigenvalue weighted by molar-refractivity contribution is 5.71. The molecule has 0 aliphatic heterocycles. The van der Waals surface area contributed by atoms with Crippen molar-refractivity contribution in [1.82, 2.24) is 0 Å². The summed E-state index contributed by atoms with van der Waals surface area (Å²) < 4.78 is 16.6. The van der Waals surface area contributed by atoms with Gasteiger partial charge in [-0.3, -0.25) is 14.4 Å². The normalized spacial score (nSPS) is 13.4. The second-order valence-corrected chi connectivity index (χ2v) is 14.8. The van der Waals surface area contributed by atoms with E-state index < -0.39 is 12.1 Å². The zero-order valence-electron chi connectivity index (χ0n) is 38.4. The highest BCUT2D eigenvalue weighted by atomic mass is 16.6. The zero-order chi connectivity index (χ0) is 44.4. The summed E-state index contributed by atoms with van der Waals surface area (Å²) in [6.07, 6.45) is 68.3. The Bertz CT molecular complexity index is 1430. The topological polar surface area (TPSA) is 78.9 Å². The lowest BCUT2D eigenvalue weighted by atomic mass is 10.1. The van der Waals surface area contributed by atoms with Gasteiger partial charge in [-0.1, -0.05) is 212 Å². The highest BCUT2D eigenvalue weighted by Gasteiger charge is 2.19. The molecule has 0 aromatic carbocycles. The molecule has 0 fully saturated rings. The van der Waals surface area contributed by atoms with E-state index in [0.717, 1.165) is 64.2 Å². The fraction of sp³-hybridized carbons (Fsp3) is 0.509. The molecule has 338 valence electrons. The van der Waals surface area contributed by atoms with Crippen molar-refractivity contribution < 1.29 is 28.6 Å². The molecule has 0 saturated heterocycles. The molecule has 6 nitrogen and oxygen atoms in total. The van der Waals surface area contributed by atoms with E-state index in [2.05, 4.69) is 51.2 Å². The monoisotopic (exact) mass is 839 g/mol. The quantitative estimate of drug-likeness (QED) is 0.0202. The van der Waals surface area contributed by atoms with Crippen molar-refractivity contribution in [3.63, 3.8) is 0 Å². The molecule has 0 N–H and O–H groups in total. The Morgan fingerprint density at radius 3 is 1.10 bits per heavy atom. The summed E-state index contributed by atoms with van der Waals surface area (Å²) in [5.41, 5.74) is 0. The van der Waals surface area contributed by atoms with Crippen LogP contribution in [0.15, 0.2) is 146 Å². The van der Waals surface area contributed by atoms with Gasteiger partial charge in [-0.2, -0.15) is 0 Å². The average molecular weight is 839 g/mol. The first-order chi connectivity index (χ1) is 30.0. The number of carbonyl (C=O) groups excluding carboxylic acids is 3. The molecule has 61 heavy (non-hydrogen) atoms. The Hall–Kier alpha value is -4.71. The third-order valence-corrected chi connectivity index (χ3v) is 9.10. The van der Waals surface area contributed by atoms with Crippen LogP contribution in [0.1, 0.15) is 162 Å². The van der Waals surface area contributed by atoms with Gasteiger partial charge >= 0.3 is 17.9 Å². The predicted molar refractivity (Wildman–Crippen MR) is 260 cm³/mol. The molecule has 1 atom stereocenters. The van der Waals surface area contributed by atoms with Crippen LogP contribution < -0.4 is 0 Å². The number of allylic oxidation sites excluding steroid dienone is 24. The lowest BCUT2D eigenvalue weighted by molar-refractivity contribution is -0.167. The molecule has 1 unspecified atom stereocenters. The molecule has 6 heteroatoms. The van der Waals surface area contributed by atoms with Crippen LogP contribution in [-0.2, 0) is 28.6 Å². The fourth-order valence-corrected chi connectivity index (χ4v) is 5.61. The maximum absolute atomic E-state index is 12.7. The third kappa shape index (κ3) is 46.2. The molecule has 0 aliphatic rings. The minimum absolute atomic E-state index is 0.136. The van der Waals surface area contributed by atoms with Crippen LogP contribution in [-0.4, -0.2) is 37.2 Å². The molecule has 0 aromatic heterocycles. The smallest absolute Gasteiger partial charge is 0.306 e. The average Bonchev–Trinajstić information content (AvgIpc) is 3.26. The van der Waals surface area contributed by atoms with Gasteiger partial charge in [0.2, 0.25) is 0 Å². The molecule has 0 heterocycles. The Morgan fingerprint density at radius 2 is 0.672 bits per heavy atom. The summed E-state index contributed by atoms with van der Waals surface area (Å²) in [5.74, 6) is -1.09. The molecule has 0 saturated carbocycles. The van der Waals surface area contributed by atoms with Gasteiger partial charge in [0.25, 0.3) is 0 Å². The molecule has 0 spiro atoms. The maximum atomic E-state index is 12.7. The first-order valence-corrected chi connectivity index (χ1v) is 23.5. The summed E-state index contributed by atoms with van der Waals surface area (Å²) in [4.78, 5) is 37.8. The van der Waals surface area contributed by atoms with Crippen LogP contribution in [0.4, 0.5) is 0 Å². The van der Waals surface area contributed by atoms with Crippen molar-refractivity contribution in [3.8, 4) is 0 Å². The summed E-state index contributed by atoms with van der Waals surface area (Å²) in [5, 5.41) is 0. The predicted octanol–water partition coefficient (Wildman–Crippen LogP) is 15.3. The van der Waals surface area contributed by atoms with Gasteiger partial charge in [-0.05, 0) is 77.0 Å². The molecular weight excluding hydrogens is 757 g/mol. The van der Waals surface area contributed by atoms with E-state index in [1.165, 1.54) is 38.5 Å². The van der Waals surface area contributed by atoms with Crippen molar-refractivity contribution in [3.05, 3.63) is 146 Å². The molecule has 0 aliphatic carbocycles. The molecule has 0 rings (SSSR count). The third-order valence-electron chi connectivity index (χ3n) is 9.10. The maximum Gasteiger partial charge on any atom is 0.306 e. The Labute approximate surface area is 372 Å². The minimum Gasteiger partial charge on any atom is -0.462 e. The summed E-state index contributed by atoms with van der Waals surface area (Å²) >= 11 is 0. The van der Waals surface area contributed by atoms with E-state index in [1.54, 1.807) is 0 Å². The van der Waals surface area contributed by atoms with Crippen LogP contribution >= 0.6 is 0 Å². The van der Waals surface area contributed by atoms with E-state index in [9.17, 15) is 14.4 Å². The fourth-order valence-electron chi connectivity index (χ4n) is 5.61. The van der Waals surface area contributed by atoms with E-state index in [4.69, 9.17) is 14.2 Å². The van der Waals surface area contributed by atoms with Gasteiger partial charge in [0.1, 0.15) is 13.2 Å². The van der Waals surface area contributed by atoms with Crippen LogP contribution in [0.2, 0.25) is 0 Å². The first-order valence-electron chi connectivity index (χ1n) is 23.5. The van der Waals surface area contributed by atoms with Crippen molar-refractivity contribution in [2.24, 2.45) is 0 Å². The number of carbonyl (C=O) groups is 3. The molecule has 0 amide bonds. The number of rotatable bonds is 39. The van der Waals surface area contributed by atoms with Gasteiger partial charge < -0.3 is 14.2 Å². The van der Waals surface area contributed by atoms with Gasteiger partial charge in [0.05, 0.1) is 0 Å². The Kier molecular flexibility index (Phi) is 44.3. The molecule has 0 bridgehead atoms. The van der Waals surface area contributed by atoms with Crippen molar-refractivity contribution in [2.75, 3.05) is 13.2 Å². The lowest BCUT2D eigenvalue weighted by Crippen LogP contribution is -2.30. The highest BCUT2D eigenvalue weighted by Crippen LogP contribution is 2.11. The Balaban J connectivity index is 4.64. The standard InChI is InChI=1S/C55H82O6/c1-4-7-10-13-16-19-22-25-26-27-28-31-33-36-39-42-45-48-54(57)60-51-52(61-55(58)49-46-43-40-37-34-30-24-21-18-15-12-9-6-3)50-59-53(56)47-44-41-38-35-32-29-23-20-17-14-11-8-5-2/h7,9-10,12-13,15-16,18-19,21-22,24-34,37,40,52H,4-6,8,11,14,17,20,23,35-36,38-39,41-51H2,1-3H3/b10-7+,12-9+,16-13+,18-15+,22-19+,24-21+,26-25+,28-27+,32-29+,33-31+,34-30+,40-37+. The lowest BCUT2D eigenvalue weighted by Gasteiger charge is -2.18. The second kappa shape index (κ2) is 48.0. The van der Waals surface area contributed by atoms with Crippen LogP contribution in [0.3, 0.4) is 0 Å². The largest absolute Gasteiger partial charge is 0.462 e. The molecule has 0 radical (unpaired) electrons. The van der Waals surface area contributed by atoms with Crippen molar-refractivity contribution in [2.45, 2.75) is 168 Å². The summed E-state index contributed by atoms with van der Waals surface area (Å²) in [6.45, 7) is 6.18. The van der Waals surface area contributed by atoms with Gasteiger partial charge in [-0.15, -0.1) is 0 Å². The summed E-state index contributed by atoms with van der Waals surface area (Å²) in [7, 11) is 0. The first kappa shape index (κ1) is 56.3. The van der Waals surface area contributed by atoms with Gasteiger partial charge in [0, 0.05) is 19.3 Å². The number of hydrogen-bond donors (Lipinski definition) is 0. The number of esters is 3. The van der Waals surface area contributed by atoms with Gasteiger partial charge in [-0.25, -0.2) is 0 Å².